The normalized spacial score (nSPS) is 11.2. The molecule has 1 unspecified atom stereocenters. The fraction of sp³-hybridized carbons (Fsp3) is 0.906. The van der Waals surface area contributed by atoms with Gasteiger partial charge < -0.3 is 20.8 Å². The Morgan fingerprint density at radius 1 is 0.850 bits per heavy atom. The highest BCUT2D eigenvalue weighted by Gasteiger charge is 2.36. The van der Waals surface area contributed by atoms with Crippen LogP contribution in [0, 0.1) is 17.3 Å². The number of hydrogen-bond donors (Lipinski definition) is 4. The zero-order valence-electron chi connectivity index (χ0n) is 28.2. The lowest BCUT2D eigenvalue weighted by molar-refractivity contribution is -0.144. The Morgan fingerprint density at radius 2 is 1.40 bits per heavy atom. The van der Waals surface area contributed by atoms with Crippen LogP contribution in [-0.2, 0) is 14.4 Å². The first-order chi connectivity index (χ1) is 19.1. The lowest BCUT2D eigenvalue weighted by atomic mass is 9.78. The number of rotatable bonds is 20. The lowest BCUT2D eigenvalue weighted by Crippen LogP contribution is -2.48. The minimum atomic E-state index is -0.995. The maximum absolute atomic E-state index is 12.4. The van der Waals surface area contributed by atoms with Gasteiger partial charge in [-0.2, -0.15) is 11.8 Å². The molecule has 0 saturated heterocycles. The summed E-state index contributed by atoms with van der Waals surface area (Å²) in [4.78, 5) is 35.1. The van der Waals surface area contributed by atoms with Crippen molar-refractivity contribution in [3.8, 4) is 0 Å². The summed E-state index contributed by atoms with van der Waals surface area (Å²) in [5, 5.41) is 24.1. The zero-order valence-corrected chi connectivity index (χ0v) is 29.0. The molecule has 0 aromatic heterocycles. The molecule has 7 nitrogen and oxygen atoms in total. The second-order valence-corrected chi connectivity index (χ2v) is 11.2. The first-order valence-corrected chi connectivity index (χ1v) is 17.2. The van der Waals surface area contributed by atoms with E-state index in [1.807, 2.05) is 41.5 Å². The van der Waals surface area contributed by atoms with Crippen LogP contribution in [0.2, 0.25) is 0 Å². The van der Waals surface area contributed by atoms with E-state index in [0.29, 0.717) is 38.0 Å². The Labute approximate surface area is 252 Å². The number of carboxylic acids is 1. The minimum Gasteiger partial charge on any atom is -0.480 e. The van der Waals surface area contributed by atoms with Gasteiger partial charge in [-0.25, -0.2) is 4.79 Å². The van der Waals surface area contributed by atoms with Gasteiger partial charge in [-0.1, -0.05) is 89.0 Å². The number of hydrogen-bond acceptors (Lipinski definition) is 5. The fourth-order valence-electron chi connectivity index (χ4n) is 3.89. The summed E-state index contributed by atoms with van der Waals surface area (Å²) in [5.41, 5.74) is -0.668. The number of nitrogens with one attached hydrogen (secondary N) is 2. The van der Waals surface area contributed by atoms with Crippen LogP contribution in [0.4, 0.5) is 0 Å². The lowest BCUT2D eigenvalue weighted by Gasteiger charge is -2.31. The van der Waals surface area contributed by atoms with E-state index in [9.17, 15) is 19.5 Å². The molecule has 0 aromatic rings. The first-order valence-electron chi connectivity index (χ1n) is 16.1. The number of carbonyl (C=O) groups excluding carboxylic acids is 2. The molecule has 1 atom stereocenters. The standard InChI is InChI=1S/C15H29NO4S.C13H27NO.2C2H6/c1-4-10-21-11-7-12(13(18)19)16-14(20)15(5-2,6-3)8-9-17;1-5-12(6-2)9-10-14-13(15)8-7-11(3)4;2*1-2/h12,17H,4-11H2,1-3H3,(H,16,20)(H,18,19);11-12H,5-10H2,1-4H3,(H,14,15);2*1-2H3. The zero-order chi connectivity index (χ0) is 32.0. The molecular formula is C32H68N2O5S. The number of aliphatic hydroxyl groups is 1. The van der Waals surface area contributed by atoms with Crippen molar-refractivity contribution in [2.75, 3.05) is 24.7 Å². The topological polar surface area (TPSA) is 116 Å². The monoisotopic (exact) mass is 592 g/mol. The molecule has 0 aliphatic heterocycles. The van der Waals surface area contributed by atoms with Crippen LogP contribution in [0.15, 0.2) is 0 Å². The second kappa shape index (κ2) is 32.2. The minimum absolute atomic E-state index is 0.0702. The number of aliphatic carboxylic acids is 1. The van der Waals surface area contributed by atoms with Crippen molar-refractivity contribution < 1.29 is 24.6 Å². The van der Waals surface area contributed by atoms with Gasteiger partial charge in [-0.3, -0.25) is 9.59 Å². The van der Waals surface area contributed by atoms with E-state index in [4.69, 9.17) is 5.11 Å². The van der Waals surface area contributed by atoms with Crippen LogP contribution in [0.5, 0.6) is 0 Å². The number of aliphatic hydroxyl groups excluding tert-OH is 1. The van der Waals surface area contributed by atoms with Gasteiger partial charge in [0.1, 0.15) is 6.04 Å². The Kier molecular flexibility index (Phi) is 36.8. The molecule has 0 bridgehead atoms. The van der Waals surface area contributed by atoms with Crippen molar-refractivity contribution in [2.24, 2.45) is 17.3 Å². The third-order valence-electron chi connectivity index (χ3n) is 6.91. The predicted molar refractivity (Wildman–Crippen MR) is 175 cm³/mol. The van der Waals surface area contributed by atoms with E-state index in [2.05, 4.69) is 45.3 Å². The summed E-state index contributed by atoms with van der Waals surface area (Å²) in [6.45, 7) is 23.4. The molecule has 0 spiro atoms. The molecule has 4 N–H and O–H groups in total. The van der Waals surface area contributed by atoms with Crippen molar-refractivity contribution in [3.05, 3.63) is 0 Å². The van der Waals surface area contributed by atoms with Crippen molar-refractivity contribution in [1.29, 1.82) is 0 Å². The highest BCUT2D eigenvalue weighted by molar-refractivity contribution is 7.99. The molecule has 0 aromatic carbocycles. The third-order valence-corrected chi connectivity index (χ3v) is 8.13. The van der Waals surface area contributed by atoms with Crippen molar-refractivity contribution in [1.82, 2.24) is 10.6 Å². The highest BCUT2D eigenvalue weighted by atomic mass is 32.2. The Bertz CT molecular complexity index is 580. The number of amides is 2. The Morgan fingerprint density at radius 3 is 1.80 bits per heavy atom. The van der Waals surface area contributed by atoms with Crippen LogP contribution in [0.25, 0.3) is 0 Å². The molecule has 0 radical (unpaired) electrons. The summed E-state index contributed by atoms with van der Waals surface area (Å²) >= 11 is 1.70. The second-order valence-electron chi connectivity index (χ2n) is 9.98. The predicted octanol–water partition coefficient (Wildman–Crippen LogP) is 7.70. The Hall–Kier alpha value is -1.28. The van der Waals surface area contributed by atoms with Crippen LogP contribution >= 0.6 is 11.8 Å². The summed E-state index contributed by atoms with van der Waals surface area (Å²) in [6.07, 6.45) is 8.27. The number of carboxylic acid groups (broad SMARTS) is 1. The maximum atomic E-state index is 12.4. The summed E-state index contributed by atoms with van der Waals surface area (Å²) in [5.74, 6) is 2.08. The molecule has 0 saturated carbocycles. The molecule has 0 fully saturated rings. The molecular weight excluding hydrogens is 524 g/mol. The van der Waals surface area contributed by atoms with Gasteiger partial charge >= 0.3 is 5.97 Å². The third kappa shape index (κ3) is 24.5. The van der Waals surface area contributed by atoms with E-state index in [1.54, 1.807) is 11.8 Å². The van der Waals surface area contributed by atoms with Crippen molar-refractivity contribution in [2.45, 2.75) is 146 Å². The van der Waals surface area contributed by atoms with E-state index < -0.39 is 17.4 Å². The van der Waals surface area contributed by atoms with Crippen LogP contribution in [0.1, 0.15) is 140 Å². The van der Waals surface area contributed by atoms with Gasteiger partial charge in [0.15, 0.2) is 0 Å². The van der Waals surface area contributed by atoms with Gasteiger partial charge in [0, 0.05) is 19.6 Å². The quantitative estimate of drug-likeness (QED) is 0.108. The van der Waals surface area contributed by atoms with Crippen molar-refractivity contribution in [3.63, 3.8) is 0 Å². The van der Waals surface area contributed by atoms with E-state index in [-0.39, 0.29) is 18.4 Å². The summed E-state index contributed by atoms with van der Waals surface area (Å²) in [6, 6.07) is -0.849. The van der Waals surface area contributed by atoms with Gasteiger partial charge in [0.2, 0.25) is 11.8 Å². The van der Waals surface area contributed by atoms with Gasteiger partial charge in [0.05, 0.1) is 5.41 Å². The molecule has 0 aliphatic rings. The van der Waals surface area contributed by atoms with Gasteiger partial charge in [-0.15, -0.1) is 0 Å². The largest absolute Gasteiger partial charge is 0.480 e. The molecule has 40 heavy (non-hydrogen) atoms. The average Bonchev–Trinajstić information content (AvgIpc) is 2.96. The molecule has 0 aliphatic carbocycles. The van der Waals surface area contributed by atoms with Crippen LogP contribution in [0.3, 0.4) is 0 Å². The van der Waals surface area contributed by atoms with E-state index in [1.165, 1.54) is 12.8 Å². The summed E-state index contributed by atoms with van der Waals surface area (Å²) in [7, 11) is 0. The molecule has 242 valence electrons. The number of thioether (sulfide) groups is 1. The highest BCUT2D eigenvalue weighted by Crippen LogP contribution is 2.31. The molecule has 0 heterocycles. The molecule has 0 rings (SSSR count). The number of carbonyl (C=O) groups is 3. The van der Waals surface area contributed by atoms with Crippen molar-refractivity contribution >= 4 is 29.5 Å². The average molecular weight is 593 g/mol. The SMILES string of the molecule is CC.CC.CCC(CC)CCNC(=O)CCC(C)C.CCCSCCC(NC(=O)C(CC)(CC)CCO)C(=O)O. The van der Waals surface area contributed by atoms with Gasteiger partial charge in [-0.05, 0) is 68.3 Å². The van der Waals surface area contributed by atoms with Gasteiger partial charge in [0.25, 0.3) is 0 Å². The van der Waals surface area contributed by atoms with E-state index in [0.717, 1.165) is 43.2 Å². The fourth-order valence-corrected chi connectivity index (χ4v) is 4.78. The van der Waals surface area contributed by atoms with Crippen LogP contribution < -0.4 is 10.6 Å². The molecule has 8 heteroatoms. The van der Waals surface area contributed by atoms with E-state index >= 15 is 0 Å². The molecule has 2 amide bonds. The smallest absolute Gasteiger partial charge is 0.326 e. The Balaban J connectivity index is -0.000000300. The first kappa shape index (κ1) is 45.7. The maximum Gasteiger partial charge on any atom is 0.326 e. The summed E-state index contributed by atoms with van der Waals surface area (Å²) < 4.78 is 0. The van der Waals surface area contributed by atoms with Crippen LogP contribution in [-0.4, -0.2) is 58.7 Å².